The molecule has 3 aromatic carbocycles. The van der Waals surface area contributed by atoms with Gasteiger partial charge in [0.05, 0.1) is 6.61 Å². The summed E-state index contributed by atoms with van der Waals surface area (Å²) in [4.78, 5) is 12.2. The fraction of sp³-hybridized carbons (Fsp3) is 0.222. The van der Waals surface area contributed by atoms with Crippen LogP contribution in [0.4, 0.5) is 4.79 Å². The Morgan fingerprint density at radius 2 is 1.77 bits per heavy atom. The predicted octanol–water partition coefficient (Wildman–Crippen LogP) is 5.56. The molecule has 1 heterocycles. The Morgan fingerprint density at radius 3 is 2.55 bits per heavy atom. The Kier molecular flexibility index (Phi) is 5.44. The first-order valence-electron chi connectivity index (χ1n) is 10.8. The van der Waals surface area contributed by atoms with E-state index in [1.807, 2.05) is 18.2 Å². The van der Waals surface area contributed by atoms with Crippen molar-refractivity contribution < 1.29 is 14.3 Å². The lowest BCUT2D eigenvalue weighted by molar-refractivity contribution is 0.143. The number of fused-ring (bicyclic) bond motifs is 4. The van der Waals surface area contributed by atoms with E-state index in [-0.39, 0.29) is 12.0 Å². The molecule has 1 aliphatic heterocycles. The van der Waals surface area contributed by atoms with Crippen molar-refractivity contribution in [2.75, 3.05) is 19.8 Å². The SMILES string of the molecule is O=C(NCCC=Cc1ccc2c(c1)CCO2)OCC1c2ccccc2-c2ccccc21. The van der Waals surface area contributed by atoms with Crippen molar-refractivity contribution in [2.45, 2.75) is 18.8 Å². The van der Waals surface area contributed by atoms with Gasteiger partial charge in [0.15, 0.2) is 0 Å². The molecule has 156 valence electrons. The summed E-state index contributed by atoms with van der Waals surface area (Å²) < 4.78 is 11.1. The van der Waals surface area contributed by atoms with Gasteiger partial charge in [-0.15, -0.1) is 0 Å². The van der Waals surface area contributed by atoms with Crippen molar-refractivity contribution in [1.29, 1.82) is 0 Å². The van der Waals surface area contributed by atoms with E-state index in [0.29, 0.717) is 13.2 Å². The normalized spacial score (nSPS) is 14.1. The molecule has 3 aromatic rings. The molecule has 0 radical (unpaired) electrons. The molecule has 4 nitrogen and oxygen atoms in total. The molecule has 0 atom stereocenters. The third-order valence-corrected chi connectivity index (χ3v) is 5.95. The van der Waals surface area contributed by atoms with Gasteiger partial charge in [0.1, 0.15) is 12.4 Å². The minimum absolute atomic E-state index is 0.0850. The van der Waals surface area contributed by atoms with E-state index in [1.54, 1.807) is 0 Å². The van der Waals surface area contributed by atoms with Crippen molar-refractivity contribution in [2.24, 2.45) is 0 Å². The van der Waals surface area contributed by atoms with Gasteiger partial charge < -0.3 is 14.8 Å². The maximum Gasteiger partial charge on any atom is 0.407 e. The van der Waals surface area contributed by atoms with Crippen LogP contribution in [0.5, 0.6) is 5.75 Å². The van der Waals surface area contributed by atoms with E-state index in [9.17, 15) is 4.79 Å². The van der Waals surface area contributed by atoms with Gasteiger partial charge in [0.25, 0.3) is 0 Å². The van der Waals surface area contributed by atoms with Crippen LogP contribution < -0.4 is 10.1 Å². The fourth-order valence-electron chi connectivity index (χ4n) is 4.44. The molecule has 2 aliphatic rings. The van der Waals surface area contributed by atoms with Gasteiger partial charge in [-0.1, -0.05) is 66.7 Å². The minimum atomic E-state index is -0.370. The molecule has 5 rings (SSSR count). The first kappa shape index (κ1) is 19.4. The molecule has 1 N–H and O–H groups in total. The number of alkyl carbamates (subject to hydrolysis) is 1. The molecule has 1 aliphatic carbocycles. The van der Waals surface area contributed by atoms with Crippen LogP contribution in [-0.4, -0.2) is 25.9 Å². The second kappa shape index (κ2) is 8.68. The fourth-order valence-corrected chi connectivity index (χ4v) is 4.44. The zero-order valence-electron chi connectivity index (χ0n) is 17.3. The second-order valence-electron chi connectivity index (χ2n) is 7.91. The highest BCUT2D eigenvalue weighted by Crippen LogP contribution is 2.44. The first-order chi connectivity index (χ1) is 15.3. The van der Waals surface area contributed by atoms with E-state index in [0.717, 1.165) is 30.8 Å². The summed E-state index contributed by atoms with van der Waals surface area (Å²) in [6.07, 6.45) is 5.50. The number of rotatable bonds is 6. The topological polar surface area (TPSA) is 47.6 Å². The van der Waals surface area contributed by atoms with Crippen molar-refractivity contribution in [3.63, 3.8) is 0 Å². The molecule has 0 fully saturated rings. The maximum absolute atomic E-state index is 12.2. The lowest BCUT2D eigenvalue weighted by Gasteiger charge is -2.14. The number of carbonyl (C=O) groups is 1. The van der Waals surface area contributed by atoms with Crippen molar-refractivity contribution in [3.8, 4) is 16.9 Å². The number of benzene rings is 3. The lowest BCUT2D eigenvalue weighted by atomic mass is 9.98. The smallest absolute Gasteiger partial charge is 0.407 e. The lowest BCUT2D eigenvalue weighted by Crippen LogP contribution is -2.26. The van der Waals surface area contributed by atoms with Crippen molar-refractivity contribution in [1.82, 2.24) is 5.32 Å². The number of ether oxygens (including phenoxy) is 2. The van der Waals surface area contributed by atoms with Crippen LogP contribution in [0.3, 0.4) is 0 Å². The molecule has 4 heteroatoms. The number of nitrogens with one attached hydrogen (secondary N) is 1. The highest BCUT2D eigenvalue weighted by molar-refractivity contribution is 5.79. The van der Waals surface area contributed by atoms with Gasteiger partial charge in [0.2, 0.25) is 0 Å². The molecule has 31 heavy (non-hydrogen) atoms. The number of hydrogen-bond donors (Lipinski definition) is 1. The molecule has 0 unspecified atom stereocenters. The zero-order chi connectivity index (χ0) is 21.0. The quantitative estimate of drug-likeness (QED) is 0.540. The van der Waals surface area contributed by atoms with Crippen molar-refractivity contribution >= 4 is 12.2 Å². The third kappa shape index (κ3) is 4.06. The summed E-state index contributed by atoms with van der Waals surface area (Å²) in [5.74, 6) is 1.08. The van der Waals surface area contributed by atoms with Crippen LogP contribution in [0.15, 0.2) is 72.8 Å². The summed E-state index contributed by atoms with van der Waals surface area (Å²) in [5.41, 5.74) is 7.33. The third-order valence-electron chi connectivity index (χ3n) is 5.95. The first-order valence-corrected chi connectivity index (χ1v) is 10.8. The van der Waals surface area contributed by atoms with Gasteiger partial charge in [0, 0.05) is 18.9 Å². The summed E-state index contributed by atoms with van der Waals surface area (Å²) in [6.45, 7) is 1.65. The van der Waals surface area contributed by atoms with Gasteiger partial charge in [-0.3, -0.25) is 0 Å². The summed E-state index contributed by atoms with van der Waals surface area (Å²) in [5, 5.41) is 2.85. The van der Waals surface area contributed by atoms with Gasteiger partial charge in [-0.25, -0.2) is 4.79 Å². The molecule has 0 aromatic heterocycles. The Labute approximate surface area is 182 Å². The predicted molar refractivity (Wildman–Crippen MR) is 122 cm³/mol. The maximum atomic E-state index is 12.2. The average molecular weight is 412 g/mol. The Bertz CT molecular complexity index is 1090. The Hall–Kier alpha value is -3.53. The molecule has 0 saturated heterocycles. The van der Waals surface area contributed by atoms with Crippen LogP contribution in [0.2, 0.25) is 0 Å². The number of carbonyl (C=O) groups excluding carboxylic acids is 1. The summed E-state index contributed by atoms with van der Waals surface area (Å²) in [7, 11) is 0. The Balaban J connectivity index is 1.11. The van der Waals surface area contributed by atoms with Crippen LogP contribution in [0.25, 0.3) is 17.2 Å². The average Bonchev–Trinajstić information content (AvgIpc) is 3.40. The monoisotopic (exact) mass is 411 g/mol. The van der Waals surface area contributed by atoms with Crippen LogP contribution in [0.1, 0.15) is 34.6 Å². The van der Waals surface area contributed by atoms with E-state index >= 15 is 0 Å². The number of hydrogen-bond acceptors (Lipinski definition) is 3. The molecule has 0 bridgehead atoms. The number of amides is 1. The van der Waals surface area contributed by atoms with Crippen molar-refractivity contribution in [3.05, 3.63) is 95.1 Å². The van der Waals surface area contributed by atoms with E-state index in [4.69, 9.17) is 9.47 Å². The van der Waals surface area contributed by atoms with Gasteiger partial charge in [-0.05, 0) is 51.9 Å². The van der Waals surface area contributed by atoms with E-state index < -0.39 is 0 Å². The standard InChI is InChI=1S/C27H25NO3/c29-27(28-15-6-5-7-19-12-13-26-20(17-19)14-16-30-26)31-18-25-23-10-3-1-8-21(23)22-9-2-4-11-24(22)25/h1-5,7-13,17,25H,6,14-16,18H2,(H,28,29). The minimum Gasteiger partial charge on any atom is -0.493 e. The zero-order valence-corrected chi connectivity index (χ0v) is 17.3. The molecule has 0 spiro atoms. The van der Waals surface area contributed by atoms with Crippen LogP contribution in [0, 0.1) is 0 Å². The molecular formula is C27H25NO3. The second-order valence-corrected chi connectivity index (χ2v) is 7.91. The van der Waals surface area contributed by atoms with Crippen LogP contribution >= 0.6 is 0 Å². The molecular weight excluding hydrogens is 386 g/mol. The molecule has 0 saturated carbocycles. The highest BCUT2D eigenvalue weighted by Gasteiger charge is 2.28. The van der Waals surface area contributed by atoms with E-state index in [1.165, 1.54) is 27.8 Å². The van der Waals surface area contributed by atoms with Gasteiger partial charge >= 0.3 is 6.09 Å². The summed E-state index contributed by atoms with van der Waals surface area (Å²) >= 11 is 0. The summed E-state index contributed by atoms with van der Waals surface area (Å²) in [6, 6.07) is 22.9. The Morgan fingerprint density at radius 1 is 1.03 bits per heavy atom. The largest absolute Gasteiger partial charge is 0.493 e. The highest BCUT2D eigenvalue weighted by atomic mass is 16.5. The van der Waals surface area contributed by atoms with Crippen LogP contribution in [-0.2, 0) is 11.2 Å². The van der Waals surface area contributed by atoms with Gasteiger partial charge in [-0.2, -0.15) is 0 Å². The van der Waals surface area contributed by atoms with E-state index in [2.05, 4.69) is 66.0 Å². The molecule has 1 amide bonds.